The topological polar surface area (TPSA) is 98.8 Å². The molecular formula is C21H23NO6S. The van der Waals surface area contributed by atoms with Crippen LogP contribution in [-0.2, 0) is 26.0 Å². The average molecular weight is 417 g/mol. The van der Waals surface area contributed by atoms with Gasteiger partial charge in [0, 0.05) is 6.04 Å². The molecule has 1 aliphatic rings. The van der Waals surface area contributed by atoms with Crippen molar-refractivity contribution >= 4 is 21.7 Å². The molecule has 7 nitrogen and oxygen atoms in total. The number of hydrogen-bond acceptors (Lipinski definition) is 6. The Kier molecular flexibility index (Phi) is 6.53. The minimum atomic E-state index is -3.10. The Morgan fingerprint density at radius 3 is 2.59 bits per heavy atom. The Morgan fingerprint density at radius 1 is 1.14 bits per heavy atom. The summed E-state index contributed by atoms with van der Waals surface area (Å²) in [7, 11) is -3.10. The van der Waals surface area contributed by atoms with Crippen molar-refractivity contribution in [2.24, 2.45) is 0 Å². The molecule has 0 bridgehead atoms. The van der Waals surface area contributed by atoms with E-state index >= 15 is 0 Å². The van der Waals surface area contributed by atoms with Gasteiger partial charge < -0.3 is 14.8 Å². The molecule has 0 unspecified atom stereocenters. The van der Waals surface area contributed by atoms with Crippen molar-refractivity contribution in [1.29, 1.82) is 0 Å². The lowest BCUT2D eigenvalue weighted by Crippen LogP contribution is -2.42. The van der Waals surface area contributed by atoms with Crippen LogP contribution in [0.3, 0.4) is 0 Å². The first-order valence-electron chi connectivity index (χ1n) is 9.31. The SMILES string of the molecule is C[C@@H](OC(=O)c1cccc(OCc2ccccc2)c1)C(=O)N[C@@H]1CCS(=O)(=O)C1. The molecule has 3 rings (SSSR count). The molecule has 0 saturated carbocycles. The number of hydrogen-bond donors (Lipinski definition) is 1. The van der Waals surface area contributed by atoms with Crippen LogP contribution >= 0.6 is 0 Å². The highest BCUT2D eigenvalue weighted by Crippen LogP contribution is 2.17. The van der Waals surface area contributed by atoms with Gasteiger partial charge in [0.1, 0.15) is 12.4 Å². The minimum absolute atomic E-state index is 0.0574. The van der Waals surface area contributed by atoms with E-state index in [1.54, 1.807) is 24.3 Å². The summed E-state index contributed by atoms with van der Waals surface area (Å²) in [5.74, 6) is -0.687. The number of nitrogens with one attached hydrogen (secondary N) is 1. The Morgan fingerprint density at radius 2 is 1.90 bits per heavy atom. The third-order valence-corrected chi connectivity index (χ3v) is 6.32. The number of esters is 1. The summed E-state index contributed by atoms with van der Waals surface area (Å²) in [6.07, 6.45) is -0.671. The molecule has 0 aliphatic carbocycles. The number of carbonyl (C=O) groups excluding carboxylic acids is 2. The molecule has 0 radical (unpaired) electrons. The van der Waals surface area contributed by atoms with Gasteiger partial charge in [-0.25, -0.2) is 13.2 Å². The van der Waals surface area contributed by atoms with E-state index in [0.717, 1.165) is 5.56 Å². The van der Waals surface area contributed by atoms with E-state index < -0.39 is 33.9 Å². The van der Waals surface area contributed by atoms with E-state index in [0.29, 0.717) is 18.8 Å². The predicted octanol–water partition coefficient (Wildman–Crippen LogP) is 2.11. The van der Waals surface area contributed by atoms with Crippen LogP contribution in [0.15, 0.2) is 54.6 Å². The summed E-state index contributed by atoms with van der Waals surface area (Å²) >= 11 is 0. The number of amides is 1. The molecule has 0 aromatic heterocycles. The minimum Gasteiger partial charge on any atom is -0.489 e. The summed E-state index contributed by atoms with van der Waals surface area (Å²) < 4.78 is 33.9. The van der Waals surface area contributed by atoms with Gasteiger partial charge in [0.05, 0.1) is 17.1 Å². The monoisotopic (exact) mass is 417 g/mol. The molecule has 8 heteroatoms. The van der Waals surface area contributed by atoms with Crippen molar-refractivity contribution < 1.29 is 27.5 Å². The second-order valence-electron chi connectivity index (χ2n) is 6.96. The quantitative estimate of drug-likeness (QED) is 0.693. The van der Waals surface area contributed by atoms with Gasteiger partial charge in [0.2, 0.25) is 0 Å². The summed E-state index contributed by atoms with van der Waals surface area (Å²) in [5.41, 5.74) is 1.26. The van der Waals surface area contributed by atoms with Gasteiger partial charge in [-0.1, -0.05) is 36.4 Å². The lowest BCUT2D eigenvalue weighted by atomic mass is 10.2. The zero-order valence-electron chi connectivity index (χ0n) is 16.0. The number of rotatable bonds is 7. The third kappa shape index (κ3) is 6.05. The highest BCUT2D eigenvalue weighted by Gasteiger charge is 2.30. The molecule has 0 spiro atoms. The lowest BCUT2D eigenvalue weighted by molar-refractivity contribution is -0.129. The molecule has 2 atom stereocenters. The molecule has 1 fully saturated rings. The normalized spacial score (nSPS) is 18.6. The zero-order valence-corrected chi connectivity index (χ0v) is 16.9. The first-order chi connectivity index (χ1) is 13.8. The third-order valence-electron chi connectivity index (χ3n) is 4.55. The Hall–Kier alpha value is -2.87. The van der Waals surface area contributed by atoms with Crippen LogP contribution in [0.4, 0.5) is 0 Å². The van der Waals surface area contributed by atoms with Gasteiger partial charge >= 0.3 is 5.97 Å². The van der Waals surface area contributed by atoms with Gasteiger partial charge in [-0.15, -0.1) is 0 Å². The highest BCUT2D eigenvalue weighted by atomic mass is 32.2. The number of sulfone groups is 1. The van der Waals surface area contributed by atoms with Gasteiger partial charge in [-0.05, 0) is 37.1 Å². The Balaban J connectivity index is 1.53. The van der Waals surface area contributed by atoms with Gasteiger partial charge in [-0.3, -0.25) is 4.79 Å². The molecule has 29 heavy (non-hydrogen) atoms. The fraction of sp³-hybridized carbons (Fsp3) is 0.333. The number of ether oxygens (including phenoxy) is 2. The van der Waals surface area contributed by atoms with E-state index in [1.165, 1.54) is 6.92 Å². The van der Waals surface area contributed by atoms with Crippen molar-refractivity contribution in [1.82, 2.24) is 5.32 Å². The van der Waals surface area contributed by atoms with Crippen LogP contribution in [-0.4, -0.2) is 43.9 Å². The standard InChI is InChI=1S/C21H23NO6S/c1-15(20(23)22-18-10-11-29(25,26)14-18)28-21(24)17-8-5-9-19(12-17)27-13-16-6-3-2-4-7-16/h2-9,12,15,18H,10-11,13-14H2,1H3,(H,22,23)/t15-,18-/m1/s1. The summed E-state index contributed by atoms with van der Waals surface area (Å²) in [6.45, 7) is 1.81. The van der Waals surface area contributed by atoms with E-state index in [9.17, 15) is 18.0 Å². The fourth-order valence-corrected chi connectivity index (χ4v) is 4.64. The molecule has 2 aromatic carbocycles. The van der Waals surface area contributed by atoms with Gasteiger partial charge in [0.25, 0.3) is 5.91 Å². The van der Waals surface area contributed by atoms with Crippen LogP contribution in [0.5, 0.6) is 5.75 Å². The molecule has 1 heterocycles. The molecule has 1 aliphatic heterocycles. The van der Waals surface area contributed by atoms with Gasteiger partial charge in [-0.2, -0.15) is 0 Å². The van der Waals surface area contributed by atoms with Crippen LogP contribution in [0, 0.1) is 0 Å². The van der Waals surface area contributed by atoms with E-state index in [2.05, 4.69) is 5.32 Å². The lowest BCUT2D eigenvalue weighted by Gasteiger charge is -2.16. The number of carbonyl (C=O) groups is 2. The summed E-state index contributed by atoms with van der Waals surface area (Å²) in [6, 6.07) is 15.7. The second kappa shape index (κ2) is 9.09. The maximum Gasteiger partial charge on any atom is 0.339 e. The molecular weight excluding hydrogens is 394 g/mol. The maximum absolute atomic E-state index is 12.4. The van der Waals surface area contributed by atoms with E-state index in [4.69, 9.17) is 9.47 Å². The predicted molar refractivity (Wildman–Crippen MR) is 107 cm³/mol. The smallest absolute Gasteiger partial charge is 0.339 e. The van der Waals surface area contributed by atoms with E-state index in [1.807, 2.05) is 30.3 Å². The Labute approximate surface area is 169 Å². The van der Waals surface area contributed by atoms with E-state index in [-0.39, 0.29) is 17.1 Å². The first kappa shape index (κ1) is 20.9. The van der Waals surface area contributed by atoms with Crippen molar-refractivity contribution in [2.45, 2.75) is 32.1 Å². The van der Waals surface area contributed by atoms with Crippen molar-refractivity contribution in [3.63, 3.8) is 0 Å². The summed E-state index contributed by atoms with van der Waals surface area (Å²) in [5, 5.41) is 2.62. The highest BCUT2D eigenvalue weighted by molar-refractivity contribution is 7.91. The summed E-state index contributed by atoms with van der Waals surface area (Å²) in [4.78, 5) is 24.6. The van der Waals surface area contributed by atoms with Crippen molar-refractivity contribution in [2.75, 3.05) is 11.5 Å². The van der Waals surface area contributed by atoms with Gasteiger partial charge in [0.15, 0.2) is 15.9 Å². The molecule has 1 saturated heterocycles. The van der Waals surface area contributed by atoms with Crippen LogP contribution < -0.4 is 10.1 Å². The van der Waals surface area contributed by atoms with Crippen LogP contribution in [0.1, 0.15) is 29.3 Å². The largest absolute Gasteiger partial charge is 0.489 e. The molecule has 1 N–H and O–H groups in total. The van der Waals surface area contributed by atoms with Crippen molar-refractivity contribution in [3.8, 4) is 5.75 Å². The van der Waals surface area contributed by atoms with Crippen molar-refractivity contribution in [3.05, 3.63) is 65.7 Å². The number of benzene rings is 2. The van der Waals surface area contributed by atoms with Crippen LogP contribution in [0.25, 0.3) is 0 Å². The van der Waals surface area contributed by atoms with Crippen LogP contribution in [0.2, 0.25) is 0 Å². The maximum atomic E-state index is 12.4. The second-order valence-corrected chi connectivity index (χ2v) is 9.19. The fourth-order valence-electron chi connectivity index (χ4n) is 2.96. The molecule has 1 amide bonds. The zero-order chi connectivity index (χ0) is 20.9. The molecule has 154 valence electrons. The first-order valence-corrected chi connectivity index (χ1v) is 11.1. The molecule has 2 aromatic rings. The average Bonchev–Trinajstić information content (AvgIpc) is 3.05. The Bertz CT molecular complexity index is 974.